The Morgan fingerprint density at radius 1 is 1.00 bits per heavy atom. The van der Waals surface area contributed by atoms with Crippen LogP contribution in [-0.4, -0.2) is 40.0 Å². The molecule has 1 aliphatic carbocycles. The lowest BCUT2D eigenvalue weighted by molar-refractivity contribution is -0.136. The second-order valence-corrected chi connectivity index (χ2v) is 9.35. The number of piperidine rings is 1. The number of anilines is 1. The zero-order chi connectivity index (χ0) is 21.2. The maximum atomic E-state index is 13.2. The van der Waals surface area contributed by atoms with Crippen molar-refractivity contribution in [2.75, 3.05) is 18.0 Å². The average Bonchev–Trinajstić information content (AvgIpc) is 3.47. The molecule has 3 aliphatic rings. The van der Waals surface area contributed by atoms with Crippen LogP contribution in [0.4, 0.5) is 5.69 Å². The van der Waals surface area contributed by atoms with Gasteiger partial charge in [0.25, 0.3) is 5.91 Å². The number of hydrogen-bond donors (Lipinski definition) is 1. The van der Waals surface area contributed by atoms with Gasteiger partial charge >= 0.3 is 0 Å². The van der Waals surface area contributed by atoms with Gasteiger partial charge in [-0.15, -0.1) is 0 Å². The Morgan fingerprint density at radius 3 is 2.68 bits per heavy atom. The normalized spacial score (nSPS) is 21.9. The smallest absolute Gasteiger partial charge is 0.278 e. The third-order valence-corrected chi connectivity index (χ3v) is 7.32. The summed E-state index contributed by atoms with van der Waals surface area (Å²) >= 11 is 0. The number of rotatable bonds is 4. The lowest BCUT2D eigenvalue weighted by atomic mass is 9.86. The molecular weight excluding hydrogens is 388 g/mol. The fourth-order valence-corrected chi connectivity index (χ4v) is 5.61. The number of H-pyrrole nitrogens is 1. The summed E-state index contributed by atoms with van der Waals surface area (Å²) in [7, 11) is 0. The van der Waals surface area contributed by atoms with Crippen molar-refractivity contribution < 1.29 is 9.59 Å². The van der Waals surface area contributed by atoms with Crippen LogP contribution in [0.25, 0.3) is 0 Å². The van der Waals surface area contributed by atoms with Crippen LogP contribution in [0.2, 0.25) is 0 Å². The Bertz CT molecular complexity index is 947. The molecule has 2 aliphatic heterocycles. The number of aromatic amines is 1. The van der Waals surface area contributed by atoms with E-state index < -0.39 is 0 Å². The van der Waals surface area contributed by atoms with Crippen LogP contribution in [0.15, 0.2) is 30.3 Å². The second kappa shape index (κ2) is 8.85. The second-order valence-electron chi connectivity index (χ2n) is 9.35. The molecule has 6 nitrogen and oxygen atoms in total. The number of nitrogens with one attached hydrogen (secondary N) is 1. The molecule has 0 bridgehead atoms. The SMILES string of the molecule is O=C(c1cc(C2CCCCN2C(=O)CC2CCCCC2)[nH]n1)N1CCc2ccccc21. The van der Waals surface area contributed by atoms with Gasteiger partial charge in [-0.1, -0.05) is 37.5 Å². The number of nitrogens with zero attached hydrogens (tertiary/aromatic N) is 3. The van der Waals surface area contributed by atoms with E-state index in [4.69, 9.17) is 0 Å². The van der Waals surface area contributed by atoms with Crippen molar-refractivity contribution in [1.29, 1.82) is 0 Å². The molecule has 1 unspecified atom stereocenters. The molecule has 1 saturated heterocycles. The van der Waals surface area contributed by atoms with Gasteiger partial charge in [-0.25, -0.2) is 0 Å². The summed E-state index contributed by atoms with van der Waals surface area (Å²) in [5, 5.41) is 7.47. The molecule has 0 radical (unpaired) electrons. The van der Waals surface area contributed by atoms with Crippen LogP contribution in [0.3, 0.4) is 0 Å². The lowest BCUT2D eigenvalue weighted by Crippen LogP contribution is -2.39. The predicted molar refractivity (Wildman–Crippen MR) is 120 cm³/mol. The fraction of sp³-hybridized carbons (Fsp3) is 0.560. The Hall–Kier alpha value is -2.63. The van der Waals surface area contributed by atoms with Crippen LogP contribution in [-0.2, 0) is 11.2 Å². The Morgan fingerprint density at radius 2 is 1.81 bits per heavy atom. The number of likely N-dealkylation sites (tertiary alicyclic amines) is 1. The molecule has 5 rings (SSSR count). The number of para-hydroxylation sites is 1. The third-order valence-electron chi connectivity index (χ3n) is 7.32. The zero-order valence-corrected chi connectivity index (χ0v) is 18.2. The van der Waals surface area contributed by atoms with Gasteiger partial charge in [0.2, 0.25) is 5.91 Å². The molecule has 6 heteroatoms. The minimum atomic E-state index is -0.0664. The van der Waals surface area contributed by atoms with Gasteiger partial charge in [0.05, 0.1) is 11.7 Å². The molecule has 1 aromatic heterocycles. The van der Waals surface area contributed by atoms with Gasteiger partial charge < -0.3 is 9.80 Å². The molecule has 1 aromatic carbocycles. The first-order valence-electron chi connectivity index (χ1n) is 12.0. The topological polar surface area (TPSA) is 69.3 Å². The maximum Gasteiger partial charge on any atom is 0.278 e. The lowest BCUT2D eigenvalue weighted by Gasteiger charge is -2.36. The van der Waals surface area contributed by atoms with Gasteiger partial charge in [-0.3, -0.25) is 14.7 Å². The zero-order valence-electron chi connectivity index (χ0n) is 18.2. The monoisotopic (exact) mass is 420 g/mol. The van der Waals surface area contributed by atoms with Gasteiger partial charge in [-0.2, -0.15) is 5.10 Å². The van der Waals surface area contributed by atoms with Crippen molar-refractivity contribution >= 4 is 17.5 Å². The highest BCUT2D eigenvalue weighted by Gasteiger charge is 2.32. The number of fused-ring (bicyclic) bond motifs is 1. The van der Waals surface area contributed by atoms with Crippen molar-refractivity contribution in [3.63, 3.8) is 0 Å². The fourth-order valence-electron chi connectivity index (χ4n) is 5.61. The number of hydrogen-bond acceptors (Lipinski definition) is 3. The first kappa shape index (κ1) is 20.3. The van der Waals surface area contributed by atoms with E-state index in [2.05, 4.69) is 16.3 Å². The van der Waals surface area contributed by atoms with Gasteiger partial charge in [0, 0.05) is 25.2 Å². The van der Waals surface area contributed by atoms with Crippen LogP contribution in [0.5, 0.6) is 0 Å². The first-order valence-corrected chi connectivity index (χ1v) is 12.0. The Kier molecular flexibility index (Phi) is 5.79. The van der Waals surface area contributed by atoms with Crippen molar-refractivity contribution in [3.05, 3.63) is 47.3 Å². The minimum Gasteiger partial charge on any atom is -0.334 e. The molecule has 1 saturated carbocycles. The van der Waals surface area contributed by atoms with E-state index in [1.807, 2.05) is 34.1 Å². The highest BCUT2D eigenvalue weighted by atomic mass is 16.2. The maximum absolute atomic E-state index is 13.2. The number of carbonyl (C=O) groups is 2. The Balaban J connectivity index is 1.30. The van der Waals surface area contributed by atoms with Crippen LogP contribution in [0, 0.1) is 5.92 Å². The van der Waals surface area contributed by atoms with Crippen molar-refractivity contribution in [3.8, 4) is 0 Å². The molecule has 31 heavy (non-hydrogen) atoms. The largest absolute Gasteiger partial charge is 0.334 e. The summed E-state index contributed by atoms with van der Waals surface area (Å²) in [5.74, 6) is 0.744. The summed E-state index contributed by atoms with van der Waals surface area (Å²) in [6.45, 7) is 1.49. The number of aromatic nitrogens is 2. The van der Waals surface area contributed by atoms with Gasteiger partial charge in [0.1, 0.15) is 0 Å². The molecule has 164 valence electrons. The molecule has 1 atom stereocenters. The summed E-state index contributed by atoms with van der Waals surface area (Å²) in [5.41, 5.74) is 3.53. The van der Waals surface area contributed by atoms with E-state index in [0.29, 0.717) is 24.6 Å². The molecule has 3 heterocycles. The predicted octanol–water partition coefficient (Wildman–Crippen LogP) is 4.64. The molecule has 1 N–H and O–H groups in total. The molecular formula is C25H32N4O2. The van der Waals surface area contributed by atoms with Crippen LogP contribution >= 0.6 is 0 Å². The molecule has 2 aromatic rings. The van der Waals surface area contributed by atoms with E-state index in [9.17, 15) is 9.59 Å². The Labute approximate surface area is 184 Å². The van der Waals surface area contributed by atoms with E-state index in [0.717, 1.165) is 43.6 Å². The minimum absolute atomic E-state index is 0.00440. The summed E-state index contributed by atoms with van der Waals surface area (Å²) in [4.78, 5) is 30.2. The van der Waals surface area contributed by atoms with Crippen molar-refractivity contribution in [1.82, 2.24) is 15.1 Å². The highest BCUT2D eigenvalue weighted by molar-refractivity contribution is 6.06. The number of amides is 2. The first-order chi connectivity index (χ1) is 15.2. The standard InChI is InChI=1S/C25H32N4O2/c30-24(16-18-8-2-1-3-9-18)28-14-7-6-12-23(28)20-17-21(27-26-20)25(31)29-15-13-19-10-4-5-11-22(19)29/h4-5,10-11,17-18,23H,1-3,6-9,12-16H2,(H,26,27). The molecule has 2 fully saturated rings. The summed E-state index contributed by atoms with van der Waals surface area (Å²) < 4.78 is 0. The van der Waals surface area contributed by atoms with Gasteiger partial charge in [0.15, 0.2) is 5.69 Å². The van der Waals surface area contributed by atoms with Gasteiger partial charge in [-0.05, 0) is 62.1 Å². The third kappa shape index (κ3) is 4.12. The van der Waals surface area contributed by atoms with Crippen LogP contribution < -0.4 is 4.90 Å². The molecule has 2 amide bonds. The van der Waals surface area contributed by atoms with E-state index in [-0.39, 0.29) is 17.9 Å². The average molecular weight is 421 g/mol. The number of carbonyl (C=O) groups excluding carboxylic acids is 2. The summed E-state index contributed by atoms with van der Waals surface area (Å²) in [6.07, 6.45) is 10.8. The number of benzene rings is 1. The summed E-state index contributed by atoms with van der Waals surface area (Å²) in [6, 6.07) is 9.95. The van der Waals surface area contributed by atoms with E-state index in [1.54, 1.807) is 0 Å². The van der Waals surface area contributed by atoms with E-state index in [1.165, 1.54) is 37.7 Å². The quantitative estimate of drug-likeness (QED) is 0.784. The van der Waals surface area contributed by atoms with Crippen molar-refractivity contribution in [2.45, 2.75) is 70.3 Å². The van der Waals surface area contributed by atoms with Crippen LogP contribution in [0.1, 0.15) is 85.6 Å². The van der Waals surface area contributed by atoms with Crippen molar-refractivity contribution in [2.24, 2.45) is 5.92 Å². The highest BCUT2D eigenvalue weighted by Crippen LogP contribution is 2.34. The van der Waals surface area contributed by atoms with E-state index >= 15 is 0 Å². The molecule has 0 spiro atoms.